The Kier molecular flexibility index (Phi) is 4.74. The molecular weight excluding hydrogens is 322 g/mol. The normalized spacial score (nSPS) is 29.5. The Morgan fingerprint density at radius 1 is 1.17 bits per heavy atom. The number of unbranched alkanes of at least 4 members (excludes halogenated alkanes) is 1. The number of carbonyl (C=O) groups is 4. The van der Waals surface area contributed by atoms with E-state index in [1.54, 1.807) is 0 Å². The van der Waals surface area contributed by atoms with Crippen LogP contribution in [0.3, 0.4) is 0 Å². The number of nitrogens with zero attached hydrogens (tertiary/aromatic N) is 1. The Hall–Kier alpha value is -1.77. The Labute approximate surface area is 137 Å². The third kappa shape index (κ3) is 3.60. The van der Waals surface area contributed by atoms with Gasteiger partial charge in [-0.1, -0.05) is 6.42 Å². The van der Waals surface area contributed by atoms with Gasteiger partial charge in [0.25, 0.3) is 11.8 Å². The average Bonchev–Trinajstić information content (AvgIpc) is 3.14. The lowest BCUT2D eigenvalue weighted by Crippen LogP contribution is -2.36. The molecule has 8 nitrogen and oxygen atoms in total. The minimum absolute atomic E-state index is 0.103. The zero-order valence-corrected chi connectivity index (χ0v) is 13.4. The first-order valence-corrected chi connectivity index (χ1v) is 8.84. The molecule has 3 rings (SSSR count). The van der Waals surface area contributed by atoms with Gasteiger partial charge in [0, 0.05) is 30.3 Å². The van der Waals surface area contributed by atoms with Gasteiger partial charge >= 0.3 is 12.0 Å². The van der Waals surface area contributed by atoms with Gasteiger partial charge in [-0.15, -0.1) is 5.06 Å². The summed E-state index contributed by atoms with van der Waals surface area (Å²) in [6.07, 6.45) is 2.75. The van der Waals surface area contributed by atoms with Crippen LogP contribution in [0.15, 0.2) is 0 Å². The van der Waals surface area contributed by atoms with Gasteiger partial charge in [-0.25, -0.2) is 9.59 Å². The second kappa shape index (κ2) is 6.77. The van der Waals surface area contributed by atoms with Crippen molar-refractivity contribution in [1.82, 2.24) is 15.7 Å². The first-order chi connectivity index (χ1) is 11.0. The van der Waals surface area contributed by atoms with Gasteiger partial charge in [-0.3, -0.25) is 9.59 Å². The molecule has 0 radical (unpaired) electrons. The number of nitrogens with one attached hydrogen (secondary N) is 2. The smallest absolute Gasteiger partial charge is 0.332 e. The summed E-state index contributed by atoms with van der Waals surface area (Å²) in [7, 11) is 0. The quantitative estimate of drug-likeness (QED) is 0.409. The molecule has 0 bridgehead atoms. The monoisotopic (exact) mass is 341 g/mol. The molecular formula is C14H19N3O5S. The molecule has 3 fully saturated rings. The van der Waals surface area contributed by atoms with Crippen LogP contribution in [0.1, 0.15) is 38.5 Å². The third-order valence-electron chi connectivity index (χ3n) is 4.26. The largest absolute Gasteiger partial charge is 0.333 e. The molecule has 3 atom stereocenters. The lowest BCUT2D eigenvalue weighted by atomic mass is 10.0. The number of hydrogen-bond acceptors (Lipinski definition) is 6. The number of carbonyl (C=O) groups excluding carboxylic acids is 4. The van der Waals surface area contributed by atoms with Gasteiger partial charge < -0.3 is 15.5 Å². The van der Waals surface area contributed by atoms with Gasteiger partial charge in [0.2, 0.25) is 0 Å². The summed E-state index contributed by atoms with van der Waals surface area (Å²) < 4.78 is 0. The molecule has 0 aliphatic carbocycles. The predicted octanol–water partition coefficient (Wildman–Crippen LogP) is 0.319. The standard InChI is InChI=1S/C14H19N3O5S/c18-10-5-6-11(19)17(10)22-12(20)4-2-1-3-9-13-8(7-23-9)15-14(21)16-13/h8-9,13H,1-7H2,(H2,15,16,21)/t8-,9+,13?/m1/s1. The minimum atomic E-state index is -0.554. The van der Waals surface area contributed by atoms with E-state index in [0.29, 0.717) is 16.7 Å². The van der Waals surface area contributed by atoms with Crippen LogP contribution in [0.25, 0.3) is 0 Å². The SMILES string of the molecule is O=C1NC2[C@H](CCCCC(=O)ON3C(=O)CCC3=O)SC[C@H]2N1. The molecule has 3 aliphatic heterocycles. The van der Waals surface area contributed by atoms with Gasteiger partial charge in [0.15, 0.2) is 0 Å². The number of hydroxylamine groups is 2. The van der Waals surface area contributed by atoms with E-state index in [-0.39, 0.29) is 37.4 Å². The number of rotatable bonds is 6. The highest BCUT2D eigenvalue weighted by atomic mass is 32.2. The van der Waals surface area contributed by atoms with Crippen molar-refractivity contribution < 1.29 is 24.0 Å². The summed E-state index contributed by atoms with van der Waals surface area (Å²) in [6, 6.07) is 0.266. The third-order valence-corrected chi connectivity index (χ3v) is 5.77. The highest BCUT2D eigenvalue weighted by Crippen LogP contribution is 2.33. The minimum Gasteiger partial charge on any atom is -0.332 e. The maximum atomic E-state index is 11.7. The van der Waals surface area contributed by atoms with Gasteiger partial charge in [-0.2, -0.15) is 11.8 Å². The second-order valence-electron chi connectivity index (χ2n) is 5.91. The molecule has 1 unspecified atom stereocenters. The molecule has 9 heteroatoms. The molecule has 126 valence electrons. The highest BCUT2D eigenvalue weighted by molar-refractivity contribution is 8.00. The van der Waals surface area contributed by atoms with Crippen LogP contribution in [-0.4, -0.2) is 52.0 Å². The Morgan fingerprint density at radius 3 is 2.65 bits per heavy atom. The Balaban J connectivity index is 1.34. The fourth-order valence-electron chi connectivity index (χ4n) is 3.06. The molecule has 2 N–H and O–H groups in total. The van der Waals surface area contributed by atoms with Crippen molar-refractivity contribution in [2.75, 3.05) is 5.75 Å². The van der Waals surface area contributed by atoms with Crippen LogP contribution in [0.5, 0.6) is 0 Å². The van der Waals surface area contributed by atoms with Crippen LogP contribution < -0.4 is 10.6 Å². The molecule has 0 spiro atoms. The van der Waals surface area contributed by atoms with Crippen molar-refractivity contribution in [2.24, 2.45) is 0 Å². The molecule has 23 heavy (non-hydrogen) atoms. The van der Waals surface area contributed by atoms with E-state index in [1.165, 1.54) is 0 Å². The number of hydrogen-bond donors (Lipinski definition) is 2. The molecule has 0 aromatic carbocycles. The van der Waals surface area contributed by atoms with E-state index in [4.69, 9.17) is 4.84 Å². The lowest BCUT2D eigenvalue weighted by molar-refractivity contribution is -0.197. The fraction of sp³-hybridized carbons (Fsp3) is 0.714. The topological polar surface area (TPSA) is 105 Å². The van der Waals surface area contributed by atoms with Crippen LogP contribution in [0.4, 0.5) is 4.79 Å². The van der Waals surface area contributed by atoms with E-state index in [1.807, 2.05) is 11.8 Å². The van der Waals surface area contributed by atoms with Crippen molar-refractivity contribution in [2.45, 2.75) is 55.9 Å². The molecule has 0 aromatic rings. The van der Waals surface area contributed by atoms with Crippen LogP contribution in [-0.2, 0) is 19.2 Å². The maximum absolute atomic E-state index is 11.7. The predicted molar refractivity (Wildman–Crippen MR) is 81.1 cm³/mol. The summed E-state index contributed by atoms with van der Waals surface area (Å²) >= 11 is 1.83. The second-order valence-corrected chi connectivity index (χ2v) is 7.18. The maximum Gasteiger partial charge on any atom is 0.333 e. The van der Waals surface area contributed by atoms with E-state index in [2.05, 4.69) is 10.6 Å². The molecule has 3 saturated heterocycles. The van der Waals surface area contributed by atoms with Crippen LogP contribution in [0, 0.1) is 0 Å². The highest BCUT2D eigenvalue weighted by Gasteiger charge is 2.42. The average molecular weight is 341 g/mol. The zero-order valence-electron chi connectivity index (χ0n) is 12.6. The Bertz CT molecular complexity index is 525. The lowest BCUT2D eigenvalue weighted by Gasteiger charge is -2.16. The van der Waals surface area contributed by atoms with Crippen LogP contribution >= 0.6 is 11.8 Å². The zero-order chi connectivity index (χ0) is 16.4. The van der Waals surface area contributed by atoms with E-state index in [0.717, 1.165) is 18.6 Å². The van der Waals surface area contributed by atoms with Gasteiger partial charge in [0.1, 0.15) is 0 Å². The van der Waals surface area contributed by atoms with E-state index < -0.39 is 17.8 Å². The van der Waals surface area contributed by atoms with Crippen molar-refractivity contribution >= 4 is 35.6 Å². The first kappa shape index (κ1) is 16.1. The van der Waals surface area contributed by atoms with Gasteiger partial charge in [-0.05, 0) is 12.8 Å². The molecule has 0 saturated carbocycles. The molecule has 0 aromatic heterocycles. The van der Waals surface area contributed by atoms with E-state index in [9.17, 15) is 19.2 Å². The Morgan fingerprint density at radius 2 is 1.91 bits per heavy atom. The summed E-state index contributed by atoms with van der Waals surface area (Å²) in [4.78, 5) is 50.5. The number of fused-ring (bicyclic) bond motifs is 1. The van der Waals surface area contributed by atoms with Crippen molar-refractivity contribution in [3.8, 4) is 0 Å². The number of urea groups is 1. The fourth-order valence-corrected chi connectivity index (χ4v) is 4.61. The summed E-state index contributed by atoms with van der Waals surface area (Å²) in [6.45, 7) is 0. The molecule has 4 amide bonds. The summed E-state index contributed by atoms with van der Waals surface area (Å²) in [5.74, 6) is -0.557. The van der Waals surface area contributed by atoms with Crippen molar-refractivity contribution in [3.63, 3.8) is 0 Å². The molecule has 3 heterocycles. The van der Waals surface area contributed by atoms with Gasteiger partial charge in [0.05, 0.1) is 12.1 Å². The van der Waals surface area contributed by atoms with Crippen molar-refractivity contribution in [1.29, 1.82) is 0 Å². The molecule has 3 aliphatic rings. The number of thioether (sulfide) groups is 1. The van der Waals surface area contributed by atoms with Crippen LogP contribution in [0.2, 0.25) is 0 Å². The van der Waals surface area contributed by atoms with E-state index >= 15 is 0 Å². The first-order valence-electron chi connectivity index (χ1n) is 7.80. The summed E-state index contributed by atoms with van der Waals surface area (Å²) in [5, 5.41) is 6.76. The number of imide groups is 1. The summed E-state index contributed by atoms with van der Waals surface area (Å²) in [5.41, 5.74) is 0. The van der Waals surface area contributed by atoms with Crippen molar-refractivity contribution in [3.05, 3.63) is 0 Å². The number of amides is 4.